The lowest BCUT2D eigenvalue weighted by Gasteiger charge is -2.13. The van der Waals surface area contributed by atoms with E-state index in [1.54, 1.807) is 6.08 Å². The van der Waals surface area contributed by atoms with Gasteiger partial charge in [0, 0.05) is 11.8 Å². The molecule has 0 aromatic heterocycles. The molecule has 0 N–H and O–H groups in total. The van der Waals surface area contributed by atoms with Gasteiger partial charge in [0.1, 0.15) is 11.8 Å². The van der Waals surface area contributed by atoms with Crippen molar-refractivity contribution in [3.8, 4) is 0 Å². The average Bonchev–Trinajstić information content (AvgIpc) is 2.42. The zero-order valence-corrected chi connectivity index (χ0v) is 12.4. The highest BCUT2D eigenvalue weighted by molar-refractivity contribution is 7.99. The third-order valence-corrected chi connectivity index (χ3v) is 3.88. The van der Waals surface area contributed by atoms with Crippen LogP contribution < -0.4 is 0 Å². The molecule has 1 aromatic rings. The Morgan fingerprint density at radius 3 is 2.75 bits per heavy atom. The Balaban J connectivity index is 2.07. The molecule has 105 valence electrons. The van der Waals surface area contributed by atoms with Gasteiger partial charge in [0.2, 0.25) is 0 Å². The van der Waals surface area contributed by atoms with Gasteiger partial charge in [-0.15, -0.1) is 0 Å². The Morgan fingerprint density at radius 2 is 2.10 bits per heavy atom. The Kier molecular flexibility index (Phi) is 5.26. The lowest BCUT2D eigenvalue weighted by molar-refractivity contribution is -0.138. The molecule has 0 amide bonds. The fourth-order valence-corrected chi connectivity index (χ4v) is 2.66. The summed E-state index contributed by atoms with van der Waals surface area (Å²) in [6.45, 7) is 1.37. The second-order valence-electron chi connectivity index (χ2n) is 4.17. The maximum Gasteiger partial charge on any atom is 0.303 e. The maximum absolute atomic E-state index is 13.9. The van der Waals surface area contributed by atoms with E-state index in [1.165, 1.54) is 18.7 Å². The van der Waals surface area contributed by atoms with Gasteiger partial charge in [-0.2, -0.15) is 0 Å². The monoisotopic (exact) mass is 311 g/mol. The summed E-state index contributed by atoms with van der Waals surface area (Å²) in [5, 5.41) is 0.138. The minimum Gasteiger partial charge on any atom is -0.454 e. The standard InChI is InChI=1S/C15H13ClFO2S/c1-10(18)19-9-20-12-7-5-11(6-8-12)13-3-2-4-14(16)15(13)17/h2,4-8H,3,9H2,1H3. The highest BCUT2D eigenvalue weighted by Gasteiger charge is 2.16. The van der Waals surface area contributed by atoms with Crippen LogP contribution in [0.5, 0.6) is 0 Å². The summed E-state index contributed by atoms with van der Waals surface area (Å²) < 4.78 is 18.8. The number of ether oxygens (including phenoxy) is 1. The molecule has 0 saturated heterocycles. The average molecular weight is 312 g/mol. The molecule has 0 heterocycles. The molecule has 1 radical (unpaired) electrons. The number of thioether (sulfide) groups is 1. The van der Waals surface area contributed by atoms with Crippen LogP contribution in [-0.2, 0) is 9.53 Å². The molecule has 2 rings (SSSR count). The molecular formula is C15H13ClFO2S. The van der Waals surface area contributed by atoms with E-state index in [9.17, 15) is 9.18 Å². The second kappa shape index (κ2) is 6.95. The SMILES string of the molecule is CC(=O)OCSc1ccc(C2=C(F)C(Cl)=C[CH]C2)cc1. The van der Waals surface area contributed by atoms with Crippen molar-refractivity contribution in [2.45, 2.75) is 18.2 Å². The van der Waals surface area contributed by atoms with E-state index in [2.05, 4.69) is 0 Å². The first kappa shape index (κ1) is 15.1. The molecule has 0 atom stereocenters. The zero-order chi connectivity index (χ0) is 14.5. The van der Waals surface area contributed by atoms with Gasteiger partial charge in [-0.1, -0.05) is 41.6 Å². The van der Waals surface area contributed by atoms with Crippen molar-refractivity contribution >= 4 is 34.9 Å². The molecule has 5 heteroatoms. The number of carbonyl (C=O) groups is 1. The van der Waals surface area contributed by atoms with Crippen molar-refractivity contribution in [1.29, 1.82) is 0 Å². The molecule has 0 bridgehead atoms. The van der Waals surface area contributed by atoms with E-state index in [4.69, 9.17) is 16.3 Å². The number of allylic oxidation sites excluding steroid dienone is 4. The molecule has 0 fully saturated rings. The van der Waals surface area contributed by atoms with Gasteiger partial charge < -0.3 is 4.74 Å². The molecule has 0 saturated carbocycles. The Hall–Kier alpha value is -1.26. The van der Waals surface area contributed by atoms with E-state index in [-0.39, 0.29) is 22.8 Å². The third kappa shape index (κ3) is 3.87. The zero-order valence-electron chi connectivity index (χ0n) is 10.9. The van der Waals surface area contributed by atoms with Crippen molar-refractivity contribution in [2.24, 2.45) is 0 Å². The first-order valence-corrected chi connectivity index (χ1v) is 7.39. The fourth-order valence-electron chi connectivity index (χ4n) is 1.76. The van der Waals surface area contributed by atoms with Crippen molar-refractivity contribution < 1.29 is 13.9 Å². The number of benzene rings is 1. The first-order chi connectivity index (χ1) is 9.58. The van der Waals surface area contributed by atoms with E-state index in [1.807, 2.05) is 30.7 Å². The predicted molar refractivity (Wildman–Crippen MR) is 79.8 cm³/mol. The maximum atomic E-state index is 13.9. The number of carbonyl (C=O) groups excluding carboxylic acids is 1. The van der Waals surface area contributed by atoms with Crippen LogP contribution in [0, 0.1) is 6.42 Å². The van der Waals surface area contributed by atoms with Gasteiger partial charge >= 0.3 is 5.97 Å². The summed E-state index contributed by atoms with van der Waals surface area (Å²) in [5.74, 6) is -0.399. The number of hydrogen-bond donors (Lipinski definition) is 0. The Morgan fingerprint density at radius 1 is 1.40 bits per heavy atom. The topological polar surface area (TPSA) is 26.3 Å². The van der Waals surface area contributed by atoms with E-state index in [0.717, 1.165) is 10.5 Å². The van der Waals surface area contributed by atoms with Crippen LogP contribution in [0.1, 0.15) is 18.9 Å². The molecule has 2 nitrogen and oxygen atoms in total. The third-order valence-electron chi connectivity index (χ3n) is 2.75. The molecule has 0 aliphatic heterocycles. The number of halogens is 2. The van der Waals surface area contributed by atoms with E-state index >= 15 is 0 Å². The van der Waals surface area contributed by atoms with Crippen LogP contribution in [0.2, 0.25) is 0 Å². The summed E-state index contributed by atoms with van der Waals surface area (Å²) in [6, 6.07) is 7.43. The van der Waals surface area contributed by atoms with Crippen LogP contribution in [0.25, 0.3) is 5.57 Å². The lowest BCUT2D eigenvalue weighted by Crippen LogP contribution is -1.97. The number of esters is 1. The van der Waals surface area contributed by atoms with Gasteiger partial charge in [0.05, 0.1) is 5.03 Å². The van der Waals surface area contributed by atoms with Crippen molar-refractivity contribution in [3.05, 3.63) is 53.2 Å². The van der Waals surface area contributed by atoms with Crippen LogP contribution in [-0.4, -0.2) is 11.9 Å². The fraction of sp³-hybridized carbons (Fsp3) is 0.200. The van der Waals surface area contributed by atoms with Crippen LogP contribution >= 0.6 is 23.4 Å². The first-order valence-electron chi connectivity index (χ1n) is 6.02. The molecule has 0 unspecified atom stereocenters. The Labute approximate surface area is 126 Å². The molecule has 1 aliphatic carbocycles. The summed E-state index contributed by atoms with van der Waals surface area (Å²) in [5.41, 5.74) is 1.40. The number of hydrogen-bond acceptors (Lipinski definition) is 3. The predicted octanol–water partition coefficient (Wildman–Crippen LogP) is 4.71. The smallest absolute Gasteiger partial charge is 0.303 e. The van der Waals surface area contributed by atoms with Gasteiger partial charge in [-0.3, -0.25) is 4.79 Å². The largest absolute Gasteiger partial charge is 0.454 e. The molecule has 0 spiro atoms. The highest BCUT2D eigenvalue weighted by atomic mass is 35.5. The lowest BCUT2D eigenvalue weighted by atomic mass is 9.97. The Bertz CT molecular complexity index is 564. The van der Waals surface area contributed by atoms with Crippen LogP contribution in [0.15, 0.2) is 46.1 Å². The molecule has 20 heavy (non-hydrogen) atoms. The normalized spacial score (nSPS) is 15.1. The van der Waals surface area contributed by atoms with Crippen LogP contribution in [0.3, 0.4) is 0 Å². The van der Waals surface area contributed by atoms with Crippen molar-refractivity contribution in [3.63, 3.8) is 0 Å². The van der Waals surface area contributed by atoms with Gasteiger partial charge in [0.15, 0.2) is 0 Å². The minimum atomic E-state index is -0.366. The summed E-state index contributed by atoms with van der Waals surface area (Å²) in [4.78, 5) is 11.6. The molecule has 1 aromatic carbocycles. The minimum absolute atomic E-state index is 0.138. The quantitative estimate of drug-likeness (QED) is 0.457. The van der Waals surface area contributed by atoms with E-state index < -0.39 is 0 Å². The van der Waals surface area contributed by atoms with Gasteiger partial charge in [0.25, 0.3) is 0 Å². The van der Waals surface area contributed by atoms with E-state index in [0.29, 0.717) is 12.0 Å². The van der Waals surface area contributed by atoms with Crippen LogP contribution in [0.4, 0.5) is 4.39 Å². The van der Waals surface area contributed by atoms with Crippen molar-refractivity contribution in [1.82, 2.24) is 0 Å². The summed E-state index contributed by atoms with van der Waals surface area (Å²) in [6.07, 6.45) is 3.94. The number of rotatable bonds is 4. The van der Waals surface area contributed by atoms with Crippen molar-refractivity contribution in [2.75, 3.05) is 5.94 Å². The van der Waals surface area contributed by atoms with Gasteiger partial charge in [-0.05, 0) is 36.1 Å². The molecular weight excluding hydrogens is 299 g/mol. The van der Waals surface area contributed by atoms with Gasteiger partial charge in [-0.25, -0.2) is 4.39 Å². The second-order valence-corrected chi connectivity index (χ2v) is 5.57. The highest BCUT2D eigenvalue weighted by Crippen LogP contribution is 2.35. The summed E-state index contributed by atoms with van der Waals surface area (Å²) >= 11 is 7.19. The molecule has 1 aliphatic rings. The summed E-state index contributed by atoms with van der Waals surface area (Å²) in [7, 11) is 0.